The molecular formula is C21H34IN5S. The monoisotopic (exact) mass is 515 g/mol. The predicted molar refractivity (Wildman–Crippen MR) is 132 cm³/mol. The number of aromatic nitrogens is 1. The van der Waals surface area contributed by atoms with E-state index in [2.05, 4.69) is 77.1 Å². The maximum Gasteiger partial charge on any atom is 0.191 e. The molecule has 0 saturated carbocycles. The van der Waals surface area contributed by atoms with E-state index in [1.54, 1.807) is 11.3 Å². The van der Waals surface area contributed by atoms with E-state index in [0.29, 0.717) is 6.04 Å². The number of thiazole rings is 1. The summed E-state index contributed by atoms with van der Waals surface area (Å²) < 4.78 is 0. The molecule has 0 aliphatic heterocycles. The Morgan fingerprint density at radius 1 is 1.25 bits per heavy atom. The topological polar surface area (TPSA) is 52.6 Å². The van der Waals surface area contributed by atoms with Crippen LogP contribution in [-0.2, 0) is 13.0 Å². The molecule has 1 heterocycles. The van der Waals surface area contributed by atoms with E-state index >= 15 is 0 Å². The van der Waals surface area contributed by atoms with Gasteiger partial charge in [0, 0.05) is 44.0 Å². The number of aliphatic imine (C=N–C) groups is 1. The maximum atomic E-state index is 4.73. The summed E-state index contributed by atoms with van der Waals surface area (Å²) in [4.78, 5) is 11.6. The molecule has 7 heteroatoms. The Labute approximate surface area is 191 Å². The summed E-state index contributed by atoms with van der Waals surface area (Å²) in [7, 11) is 2.18. The minimum absolute atomic E-state index is 0. The van der Waals surface area contributed by atoms with Crippen molar-refractivity contribution in [3.05, 3.63) is 52.0 Å². The first-order chi connectivity index (χ1) is 13.1. The minimum atomic E-state index is 0. The Balaban J connectivity index is 0.00000392. The van der Waals surface area contributed by atoms with E-state index in [1.807, 2.05) is 6.92 Å². The summed E-state index contributed by atoms with van der Waals surface area (Å²) in [6.07, 6.45) is 1.95. The number of halogens is 1. The number of guanidine groups is 1. The van der Waals surface area contributed by atoms with Crippen LogP contribution in [0.15, 0.2) is 40.7 Å². The smallest absolute Gasteiger partial charge is 0.191 e. The summed E-state index contributed by atoms with van der Waals surface area (Å²) in [5.41, 5.74) is 2.50. The normalized spacial score (nSPS) is 12.5. The van der Waals surface area contributed by atoms with E-state index in [-0.39, 0.29) is 24.0 Å². The second-order valence-corrected chi connectivity index (χ2v) is 7.90. The number of nitrogens with zero attached hydrogens (tertiary/aromatic N) is 3. The molecule has 0 spiro atoms. The molecule has 28 heavy (non-hydrogen) atoms. The van der Waals surface area contributed by atoms with E-state index in [1.165, 1.54) is 5.56 Å². The molecule has 156 valence electrons. The van der Waals surface area contributed by atoms with Crippen molar-refractivity contribution in [2.75, 3.05) is 26.7 Å². The lowest BCUT2D eigenvalue weighted by molar-refractivity contribution is 0.240. The third kappa shape index (κ3) is 9.34. The van der Waals surface area contributed by atoms with E-state index < -0.39 is 0 Å². The zero-order chi connectivity index (χ0) is 19.5. The third-order valence-electron chi connectivity index (χ3n) is 4.53. The van der Waals surface area contributed by atoms with Gasteiger partial charge in [0.05, 0.1) is 10.7 Å². The van der Waals surface area contributed by atoms with Crippen molar-refractivity contribution in [3.8, 4) is 0 Å². The van der Waals surface area contributed by atoms with Gasteiger partial charge in [-0.25, -0.2) is 4.98 Å². The number of rotatable bonds is 10. The molecule has 1 unspecified atom stereocenters. The van der Waals surface area contributed by atoms with Crippen LogP contribution in [0.2, 0.25) is 0 Å². The summed E-state index contributed by atoms with van der Waals surface area (Å²) in [6, 6.07) is 11.1. The standard InChI is InChI=1S/C21H33N5S.HI/c1-5-22-21(24-14-12-20-16-27-18(3)25-20)23-13-11-17(2)26(4)15-19-9-7-6-8-10-19;/h6-10,16-17H,5,11-15H2,1-4H3,(H2,22,23,24);1H. The van der Waals surface area contributed by atoms with Crippen LogP contribution in [0.5, 0.6) is 0 Å². The number of hydrogen-bond acceptors (Lipinski definition) is 4. The molecule has 1 atom stereocenters. The Kier molecular flexibility index (Phi) is 12.3. The van der Waals surface area contributed by atoms with Crippen molar-refractivity contribution in [2.24, 2.45) is 4.99 Å². The molecule has 1 aromatic heterocycles. The number of aryl methyl sites for hydroxylation is 1. The Morgan fingerprint density at radius 2 is 2.00 bits per heavy atom. The molecule has 0 bridgehead atoms. The predicted octanol–water partition coefficient (Wildman–Crippen LogP) is 4.08. The molecule has 5 nitrogen and oxygen atoms in total. The second-order valence-electron chi connectivity index (χ2n) is 6.83. The number of benzene rings is 1. The van der Waals surface area contributed by atoms with E-state index in [0.717, 1.165) is 55.7 Å². The van der Waals surface area contributed by atoms with Gasteiger partial charge in [-0.1, -0.05) is 30.3 Å². The Morgan fingerprint density at radius 3 is 2.64 bits per heavy atom. The summed E-state index contributed by atoms with van der Waals surface area (Å²) in [6.45, 7) is 9.90. The lowest BCUT2D eigenvalue weighted by atomic mass is 10.1. The van der Waals surface area contributed by atoms with Gasteiger partial charge >= 0.3 is 0 Å². The molecule has 2 N–H and O–H groups in total. The van der Waals surface area contributed by atoms with Crippen molar-refractivity contribution >= 4 is 41.3 Å². The first-order valence-corrected chi connectivity index (χ1v) is 10.6. The van der Waals surface area contributed by atoms with Gasteiger partial charge in [-0.3, -0.25) is 9.89 Å². The minimum Gasteiger partial charge on any atom is -0.357 e. The molecule has 0 fully saturated rings. The lowest BCUT2D eigenvalue weighted by Crippen LogP contribution is -2.38. The van der Waals surface area contributed by atoms with Crippen molar-refractivity contribution in [2.45, 2.75) is 46.2 Å². The Hall–Kier alpha value is -1.19. The highest BCUT2D eigenvalue weighted by Gasteiger charge is 2.09. The first kappa shape index (κ1) is 24.8. The Bertz CT molecular complexity index is 689. The van der Waals surface area contributed by atoms with Gasteiger partial charge in [-0.15, -0.1) is 35.3 Å². The van der Waals surface area contributed by atoms with Crippen LogP contribution in [0.4, 0.5) is 0 Å². The zero-order valence-corrected chi connectivity index (χ0v) is 20.6. The van der Waals surface area contributed by atoms with Gasteiger partial charge < -0.3 is 10.6 Å². The number of nitrogens with one attached hydrogen (secondary N) is 2. The largest absolute Gasteiger partial charge is 0.357 e. The van der Waals surface area contributed by atoms with Crippen LogP contribution in [0.25, 0.3) is 0 Å². The molecule has 2 rings (SSSR count). The van der Waals surface area contributed by atoms with Crippen LogP contribution >= 0.6 is 35.3 Å². The SMILES string of the molecule is CCNC(=NCCC(C)N(C)Cc1ccccc1)NCCc1csc(C)n1.I. The fourth-order valence-electron chi connectivity index (χ4n) is 2.78. The molecule has 1 aromatic carbocycles. The quantitative estimate of drug-likeness (QED) is 0.285. The van der Waals surface area contributed by atoms with Gasteiger partial charge in [0.25, 0.3) is 0 Å². The van der Waals surface area contributed by atoms with Crippen molar-refractivity contribution in [3.63, 3.8) is 0 Å². The highest BCUT2D eigenvalue weighted by molar-refractivity contribution is 14.0. The maximum absolute atomic E-state index is 4.73. The van der Waals surface area contributed by atoms with Crippen LogP contribution in [0.3, 0.4) is 0 Å². The van der Waals surface area contributed by atoms with Crippen LogP contribution in [0.1, 0.15) is 36.5 Å². The first-order valence-electron chi connectivity index (χ1n) is 9.75. The average molecular weight is 516 g/mol. The van der Waals surface area contributed by atoms with Crippen LogP contribution in [-0.4, -0.2) is 48.6 Å². The molecule has 0 saturated heterocycles. The molecule has 0 radical (unpaired) electrons. The molecule has 0 aliphatic carbocycles. The van der Waals surface area contributed by atoms with E-state index in [4.69, 9.17) is 4.99 Å². The third-order valence-corrected chi connectivity index (χ3v) is 5.35. The fourth-order valence-corrected chi connectivity index (χ4v) is 3.43. The zero-order valence-electron chi connectivity index (χ0n) is 17.4. The summed E-state index contributed by atoms with van der Waals surface area (Å²) in [5, 5.41) is 9.99. The van der Waals surface area contributed by atoms with Crippen LogP contribution in [0, 0.1) is 6.92 Å². The average Bonchev–Trinajstić information content (AvgIpc) is 3.07. The second kappa shape index (κ2) is 13.9. The molecule has 0 aliphatic rings. The van der Waals surface area contributed by atoms with Gasteiger partial charge in [0.1, 0.15) is 0 Å². The van der Waals surface area contributed by atoms with Gasteiger partial charge in [0.2, 0.25) is 0 Å². The molecular weight excluding hydrogens is 481 g/mol. The summed E-state index contributed by atoms with van der Waals surface area (Å²) in [5.74, 6) is 0.891. The highest BCUT2D eigenvalue weighted by Crippen LogP contribution is 2.09. The van der Waals surface area contributed by atoms with Gasteiger partial charge in [0.15, 0.2) is 5.96 Å². The lowest BCUT2D eigenvalue weighted by Gasteiger charge is -2.24. The summed E-state index contributed by atoms with van der Waals surface area (Å²) >= 11 is 1.70. The molecule has 0 amide bonds. The van der Waals surface area contributed by atoms with Gasteiger partial charge in [-0.05, 0) is 39.8 Å². The van der Waals surface area contributed by atoms with E-state index in [9.17, 15) is 0 Å². The fraction of sp³-hybridized carbons (Fsp3) is 0.524. The number of hydrogen-bond donors (Lipinski definition) is 2. The highest BCUT2D eigenvalue weighted by atomic mass is 127. The van der Waals surface area contributed by atoms with Crippen LogP contribution < -0.4 is 10.6 Å². The van der Waals surface area contributed by atoms with Crippen molar-refractivity contribution in [1.29, 1.82) is 0 Å². The van der Waals surface area contributed by atoms with Gasteiger partial charge in [-0.2, -0.15) is 0 Å². The molecule has 2 aromatic rings. The van der Waals surface area contributed by atoms with Crippen molar-refractivity contribution in [1.82, 2.24) is 20.5 Å². The van der Waals surface area contributed by atoms with Crippen molar-refractivity contribution < 1.29 is 0 Å².